The van der Waals surface area contributed by atoms with Crippen LogP contribution in [0.2, 0.25) is 0 Å². The van der Waals surface area contributed by atoms with Crippen molar-refractivity contribution in [1.29, 1.82) is 0 Å². The van der Waals surface area contributed by atoms with Gasteiger partial charge in [0.05, 0.1) is 11.8 Å². The summed E-state index contributed by atoms with van der Waals surface area (Å²) in [4.78, 5) is 24.9. The standard InChI is InChI=1S/C14H19NO4/c1-2-12-11(5-7-19-12)14(18)15-6-3-4-10(9-15)8-13(16)17/h5,7,10H,2-4,6,8-9H2,1H3,(H,16,17). The summed E-state index contributed by atoms with van der Waals surface area (Å²) < 4.78 is 5.28. The van der Waals surface area contributed by atoms with Gasteiger partial charge >= 0.3 is 5.97 Å². The highest BCUT2D eigenvalue weighted by molar-refractivity contribution is 5.95. The smallest absolute Gasteiger partial charge is 0.303 e. The van der Waals surface area contributed by atoms with Gasteiger partial charge in [-0.15, -0.1) is 0 Å². The van der Waals surface area contributed by atoms with Crippen LogP contribution in [-0.2, 0) is 11.2 Å². The van der Waals surface area contributed by atoms with Crippen molar-refractivity contribution in [2.45, 2.75) is 32.6 Å². The molecule has 5 heteroatoms. The molecule has 0 aliphatic carbocycles. The molecule has 1 atom stereocenters. The number of aliphatic carboxylic acids is 1. The van der Waals surface area contributed by atoms with Crippen LogP contribution < -0.4 is 0 Å². The molecule has 1 aromatic rings. The quantitative estimate of drug-likeness (QED) is 0.905. The minimum Gasteiger partial charge on any atom is -0.481 e. The molecule has 1 amide bonds. The Morgan fingerprint density at radius 1 is 1.53 bits per heavy atom. The second kappa shape index (κ2) is 5.91. The van der Waals surface area contributed by atoms with Gasteiger partial charge in [-0.3, -0.25) is 9.59 Å². The normalized spacial score (nSPS) is 19.4. The van der Waals surface area contributed by atoms with E-state index in [1.807, 2.05) is 6.92 Å². The second-order valence-electron chi connectivity index (χ2n) is 4.97. The summed E-state index contributed by atoms with van der Waals surface area (Å²) >= 11 is 0. The summed E-state index contributed by atoms with van der Waals surface area (Å²) in [6.07, 6.45) is 4.09. The third-order valence-corrected chi connectivity index (χ3v) is 3.57. The van der Waals surface area contributed by atoms with E-state index in [-0.39, 0.29) is 18.2 Å². The molecule has 0 saturated carbocycles. The fourth-order valence-corrected chi connectivity index (χ4v) is 2.64. The van der Waals surface area contributed by atoms with E-state index in [1.54, 1.807) is 11.0 Å². The van der Waals surface area contributed by atoms with Gasteiger partial charge in [-0.25, -0.2) is 0 Å². The summed E-state index contributed by atoms with van der Waals surface area (Å²) in [6.45, 7) is 3.17. The minimum absolute atomic E-state index is 0.0410. The predicted octanol–water partition coefficient (Wildman–Crippen LogP) is 2.17. The van der Waals surface area contributed by atoms with Gasteiger partial charge in [-0.05, 0) is 24.8 Å². The van der Waals surface area contributed by atoms with Gasteiger partial charge in [0.1, 0.15) is 5.76 Å². The summed E-state index contributed by atoms with van der Waals surface area (Å²) in [6, 6.07) is 1.70. The van der Waals surface area contributed by atoms with Gasteiger partial charge in [0, 0.05) is 25.9 Å². The molecule has 1 aliphatic heterocycles. The van der Waals surface area contributed by atoms with E-state index in [0.29, 0.717) is 30.8 Å². The third-order valence-electron chi connectivity index (χ3n) is 3.57. The van der Waals surface area contributed by atoms with E-state index < -0.39 is 5.97 Å². The molecule has 104 valence electrons. The predicted molar refractivity (Wildman–Crippen MR) is 69.0 cm³/mol. The zero-order chi connectivity index (χ0) is 13.8. The highest BCUT2D eigenvalue weighted by Gasteiger charge is 2.27. The van der Waals surface area contributed by atoms with E-state index in [0.717, 1.165) is 12.8 Å². The number of piperidine rings is 1. The van der Waals surface area contributed by atoms with Gasteiger partial charge in [0.25, 0.3) is 5.91 Å². The number of furan rings is 1. The van der Waals surface area contributed by atoms with E-state index in [2.05, 4.69) is 0 Å². The Labute approximate surface area is 112 Å². The molecule has 0 radical (unpaired) electrons. The number of hydrogen-bond acceptors (Lipinski definition) is 3. The average Bonchev–Trinajstić information content (AvgIpc) is 2.85. The number of rotatable bonds is 4. The molecule has 1 fully saturated rings. The van der Waals surface area contributed by atoms with Crippen molar-refractivity contribution < 1.29 is 19.1 Å². The molecular formula is C14H19NO4. The number of carbonyl (C=O) groups is 2. The van der Waals surface area contributed by atoms with Crippen molar-refractivity contribution in [3.8, 4) is 0 Å². The Kier molecular flexibility index (Phi) is 4.24. The molecule has 5 nitrogen and oxygen atoms in total. The number of carbonyl (C=O) groups excluding carboxylic acids is 1. The number of amides is 1. The molecule has 1 unspecified atom stereocenters. The number of likely N-dealkylation sites (tertiary alicyclic amines) is 1. The first-order valence-corrected chi connectivity index (χ1v) is 6.69. The van der Waals surface area contributed by atoms with Gasteiger partial charge in [0.15, 0.2) is 0 Å². The zero-order valence-electron chi connectivity index (χ0n) is 11.1. The lowest BCUT2D eigenvalue weighted by Gasteiger charge is -2.32. The SMILES string of the molecule is CCc1occc1C(=O)N1CCCC(CC(=O)O)C1. The molecule has 1 aromatic heterocycles. The first-order valence-electron chi connectivity index (χ1n) is 6.69. The van der Waals surface area contributed by atoms with Crippen LogP contribution in [0.5, 0.6) is 0 Å². The Balaban J connectivity index is 2.05. The van der Waals surface area contributed by atoms with Crippen LogP contribution in [0, 0.1) is 5.92 Å². The van der Waals surface area contributed by atoms with Crippen molar-refractivity contribution in [1.82, 2.24) is 4.90 Å². The van der Waals surface area contributed by atoms with Crippen LogP contribution >= 0.6 is 0 Å². The Morgan fingerprint density at radius 2 is 2.32 bits per heavy atom. The van der Waals surface area contributed by atoms with E-state index in [4.69, 9.17) is 9.52 Å². The zero-order valence-corrected chi connectivity index (χ0v) is 11.1. The Morgan fingerprint density at radius 3 is 3.00 bits per heavy atom. The lowest BCUT2D eigenvalue weighted by atomic mass is 9.94. The Hall–Kier alpha value is -1.78. The average molecular weight is 265 g/mol. The van der Waals surface area contributed by atoms with Crippen molar-refractivity contribution in [2.75, 3.05) is 13.1 Å². The fourth-order valence-electron chi connectivity index (χ4n) is 2.64. The molecule has 1 aliphatic rings. The summed E-state index contributed by atoms with van der Waals surface area (Å²) in [5.41, 5.74) is 0.610. The molecule has 0 bridgehead atoms. The summed E-state index contributed by atoms with van der Waals surface area (Å²) in [5.74, 6) is -0.0740. The van der Waals surface area contributed by atoms with Gasteiger partial charge in [-0.2, -0.15) is 0 Å². The molecule has 19 heavy (non-hydrogen) atoms. The maximum atomic E-state index is 12.4. The lowest BCUT2D eigenvalue weighted by Crippen LogP contribution is -2.40. The minimum atomic E-state index is -0.795. The van der Waals surface area contributed by atoms with E-state index in [1.165, 1.54) is 6.26 Å². The fraction of sp³-hybridized carbons (Fsp3) is 0.571. The largest absolute Gasteiger partial charge is 0.481 e. The van der Waals surface area contributed by atoms with Crippen LogP contribution in [0.1, 0.15) is 42.3 Å². The van der Waals surface area contributed by atoms with Crippen molar-refractivity contribution in [2.24, 2.45) is 5.92 Å². The highest BCUT2D eigenvalue weighted by atomic mass is 16.4. The first kappa shape index (κ1) is 13.6. The molecular weight excluding hydrogens is 246 g/mol. The van der Waals surface area contributed by atoms with E-state index >= 15 is 0 Å². The van der Waals surface area contributed by atoms with Crippen LogP contribution in [0.3, 0.4) is 0 Å². The van der Waals surface area contributed by atoms with Crippen LogP contribution in [0.15, 0.2) is 16.7 Å². The van der Waals surface area contributed by atoms with Crippen LogP contribution in [0.4, 0.5) is 0 Å². The number of carboxylic acid groups (broad SMARTS) is 1. The monoisotopic (exact) mass is 265 g/mol. The van der Waals surface area contributed by atoms with Crippen LogP contribution in [0.25, 0.3) is 0 Å². The van der Waals surface area contributed by atoms with Crippen LogP contribution in [-0.4, -0.2) is 35.0 Å². The third kappa shape index (κ3) is 3.16. The van der Waals surface area contributed by atoms with Crippen molar-refractivity contribution >= 4 is 11.9 Å². The molecule has 0 spiro atoms. The van der Waals surface area contributed by atoms with Gasteiger partial charge < -0.3 is 14.4 Å². The lowest BCUT2D eigenvalue weighted by molar-refractivity contribution is -0.138. The summed E-state index contributed by atoms with van der Waals surface area (Å²) in [5, 5.41) is 8.84. The number of hydrogen-bond donors (Lipinski definition) is 1. The molecule has 2 rings (SSSR count). The molecule has 2 heterocycles. The first-order chi connectivity index (χ1) is 9.11. The maximum Gasteiger partial charge on any atom is 0.303 e. The summed E-state index contributed by atoms with van der Waals surface area (Å²) in [7, 11) is 0. The maximum absolute atomic E-state index is 12.4. The molecule has 1 saturated heterocycles. The van der Waals surface area contributed by atoms with Gasteiger partial charge in [-0.1, -0.05) is 6.92 Å². The highest BCUT2D eigenvalue weighted by Crippen LogP contribution is 2.22. The molecule has 1 N–H and O–H groups in total. The Bertz CT molecular complexity index is 466. The molecule has 0 aromatic carbocycles. The number of carboxylic acids is 1. The number of nitrogens with zero attached hydrogens (tertiary/aromatic N) is 1. The van der Waals surface area contributed by atoms with Gasteiger partial charge in [0.2, 0.25) is 0 Å². The topological polar surface area (TPSA) is 70.8 Å². The second-order valence-corrected chi connectivity index (χ2v) is 4.97. The van der Waals surface area contributed by atoms with E-state index in [9.17, 15) is 9.59 Å². The van der Waals surface area contributed by atoms with Crippen molar-refractivity contribution in [3.63, 3.8) is 0 Å². The van der Waals surface area contributed by atoms with Crippen molar-refractivity contribution in [3.05, 3.63) is 23.7 Å². The number of aryl methyl sites for hydroxylation is 1.